The fourth-order valence-corrected chi connectivity index (χ4v) is 4.31. The van der Waals surface area contributed by atoms with Gasteiger partial charge < -0.3 is 9.47 Å². The summed E-state index contributed by atoms with van der Waals surface area (Å²) in [6.07, 6.45) is 2.46. The van der Waals surface area contributed by atoms with Gasteiger partial charge in [-0.15, -0.1) is 16.7 Å². The molecular formula is C24H24Cl2N4O4S. The lowest BCUT2D eigenvalue weighted by atomic mass is 9.77. The SMILES string of the molecule is CC(C)(c1ccc(OCc2nnccc2NS(C)(=O)=O)cc1)c1cc(Cl)c(OCCCl)c(C#N)c1. The van der Waals surface area contributed by atoms with Crippen LogP contribution in [0.1, 0.15) is 36.2 Å². The molecule has 11 heteroatoms. The lowest BCUT2D eigenvalue weighted by Crippen LogP contribution is -2.19. The van der Waals surface area contributed by atoms with E-state index in [1.165, 1.54) is 12.3 Å². The maximum absolute atomic E-state index is 11.6. The van der Waals surface area contributed by atoms with Crippen LogP contribution < -0.4 is 14.2 Å². The molecule has 0 radical (unpaired) electrons. The van der Waals surface area contributed by atoms with Gasteiger partial charge in [0, 0.05) is 5.41 Å². The van der Waals surface area contributed by atoms with E-state index in [4.69, 9.17) is 32.7 Å². The van der Waals surface area contributed by atoms with E-state index in [-0.39, 0.29) is 19.1 Å². The molecule has 0 unspecified atom stereocenters. The summed E-state index contributed by atoms with van der Waals surface area (Å²) < 4.78 is 36.9. The van der Waals surface area contributed by atoms with E-state index in [9.17, 15) is 13.7 Å². The van der Waals surface area contributed by atoms with Crippen LogP contribution in [0.4, 0.5) is 5.69 Å². The number of rotatable bonds is 10. The van der Waals surface area contributed by atoms with Crippen molar-refractivity contribution >= 4 is 38.9 Å². The molecule has 0 aliphatic heterocycles. The highest BCUT2D eigenvalue weighted by Crippen LogP contribution is 2.38. The van der Waals surface area contributed by atoms with Gasteiger partial charge in [0.2, 0.25) is 10.0 Å². The van der Waals surface area contributed by atoms with Crippen LogP contribution in [0.3, 0.4) is 0 Å². The van der Waals surface area contributed by atoms with E-state index < -0.39 is 15.4 Å². The molecule has 35 heavy (non-hydrogen) atoms. The Morgan fingerprint density at radius 3 is 2.46 bits per heavy atom. The second-order valence-electron chi connectivity index (χ2n) is 8.19. The average Bonchev–Trinajstić information content (AvgIpc) is 2.81. The number of nitrogens with zero attached hydrogens (tertiary/aromatic N) is 3. The van der Waals surface area contributed by atoms with Crippen LogP contribution >= 0.6 is 23.2 Å². The number of hydrogen-bond donors (Lipinski definition) is 1. The summed E-state index contributed by atoms with van der Waals surface area (Å²) in [5.41, 5.74) is 2.35. The van der Waals surface area contributed by atoms with Crippen molar-refractivity contribution in [3.8, 4) is 17.6 Å². The van der Waals surface area contributed by atoms with Crippen molar-refractivity contribution in [3.05, 3.63) is 76.1 Å². The molecule has 1 aromatic heterocycles. The number of ether oxygens (including phenoxy) is 2. The van der Waals surface area contributed by atoms with Crippen LogP contribution in [0, 0.1) is 11.3 Å². The van der Waals surface area contributed by atoms with Gasteiger partial charge in [-0.1, -0.05) is 37.6 Å². The van der Waals surface area contributed by atoms with Gasteiger partial charge in [-0.05, 0) is 41.5 Å². The van der Waals surface area contributed by atoms with Gasteiger partial charge in [0.05, 0.1) is 34.6 Å². The maximum Gasteiger partial charge on any atom is 0.229 e. The number of halogens is 2. The predicted octanol–water partition coefficient (Wildman–Crippen LogP) is 4.90. The molecule has 0 bridgehead atoms. The molecule has 0 saturated carbocycles. The Morgan fingerprint density at radius 2 is 1.83 bits per heavy atom. The number of benzene rings is 2. The van der Waals surface area contributed by atoms with E-state index in [1.807, 2.05) is 38.1 Å². The van der Waals surface area contributed by atoms with Gasteiger partial charge in [0.1, 0.15) is 30.7 Å². The Morgan fingerprint density at radius 1 is 1.11 bits per heavy atom. The van der Waals surface area contributed by atoms with Gasteiger partial charge in [-0.3, -0.25) is 4.72 Å². The Labute approximate surface area is 214 Å². The first-order chi connectivity index (χ1) is 16.5. The zero-order valence-electron chi connectivity index (χ0n) is 19.4. The molecule has 184 valence electrons. The van der Waals surface area contributed by atoms with Crippen molar-refractivity contribution in [2.75, 3.05) is 23.5 Å². The topological polar surface area (TPSA) is 114 Å². The summed E-state index contributed by atoms with van der Waals surface area (Å²) in [4.78, 5) is 0. The van der Waals surface area contributed by atoms with Crippen LogP contribution in [-0.4, -0.2) is 37.4 Å². The van der Waals surface area contributed by atoms with Gasteiger partial charge in [0.25, 0.3) is 0 Å². The molecule has 1 heterocycles. The second kappa shape index (κ2) is 11.1. The zero-order chi connectivity index (χ0) is 25.6. The first-order valence-corrected chi connectivity index (χ1v) is 13.3. The molecule has 0 amide bonds. The third kappa shape index (κ3) is 6.75. The summed E-state index contributed by atoms with van der Waals surface area (Å²) in [5.74, 6) is 1.18. The summed E-state index contributed by atoms with van der Waals surface area (Å²) in [7, 11) is -3.46. The predicted molar refractivity (Wildman–Crippen MR) is 136 cm³/mol. The van der Waals surface area contributed by atoms with Crippen LogP contribution in [-0.2, 0) is 22.0 Å². The van der Waals surface area contributed by atoms with Crippen LogP contribution in [0.15, 0.2) is 48.7 Å². The summed E-state index contributed by atoms with van der Waals surface area (Å²) in [6, 6.07) is 14.7. The molecule has 3 rings (SSSR count). The smallest absolute Gasteiger partial charge is 0.229 e. The van der Waals surface area contributed by atoms with Crippen LogP contribution in [0.5, 0.6) is 11.5 Å². The van der Waals surface area contributed by atoms with Crippen molar-refractivity contribution in [3.63, 3.8) is 0 Å². The third-order valence-electron chi connectivity index (χ3n) is 5.25. The van der Waals surface area contributed by atoms with Crippen LogP contribution in [0.2, 0.25) is 5.02 Å². The minimum atomic E-state index is -3.46. The molecule has 0 fully saturated rings. The average molecular weight is 535 g/mol. The quantitative estimate of drug-likeness (QED) is 0.368. The van der Waals surface area contributed by atoms with Gasteiger partial charge in [0.15, 0.2) is 5.75 Å². The fraction of sp³-hybridized carbons (Fsp3) is 0.292. The highest BCUT2D eigenvalue weighted by Gasteiger charge is 2.26. The Kier molecular flexibility index (Phi) is 8.43. The number of nitrogens with one attached hydrogen (secondary N) is 1. The Hall–Kier alpha value is -3.06. The van der Waals surface area contributed by atoms with E-state index >= 15 is 0 Å². The molecule has 3 aromatic rings. The molecule has 0 aliphatic carbocycles. The number of aromatic nitrogens is 2. The third-order valence-corrected chi connectivity index (χ3v) is 6.28. The molecule has 2 aromatic carbocycles. The van der Waals surface area contributed by atoms with E-state index in [2.05, 4.69) is 21.0 Å². The molecule has 8 nitrogen and oxygen atoms in total. The minimum Gasteiger partial charge on any atom is -0.489 e. The Balaban J connectivity index is 1.79. The monoisotopic (exact) mass is 534 g/mol. The summed E-state index contributed by atoms with van der Waals surface area (Å²) in [6.45, 7) is 4.33. The number of sulfonamides is 1. The molecule has 0 saturated heterocycles. The lowest BCUT2D eigenvalue weighted by molar-refractivity contribution is 0.300. The van der Waals surface area contributed by atoms with Crippen molar-refractivity contribution in [2.24, 2.45) is 0 Å². The molecule has 1 N–H and O–H groups in total. The number of alkyl halides is 1. The maximum atomic E-state index is 11.6. The highest BCUT2D eigenvalue weighted by atomic mass is 35.5. The molecule has 0 spiro atoms. The zero-order valence-corrected chi connectivity index (χ0v) is 21.7. The van der Waals surface area contributed by atoms with Crippen molar-refractivity contribution in [1.82, 2.24) is 10.2 Å². The van der Waals surface area contributed by atoms with Crippen molar-refractivity contribution < 1.29 is 17.9 Å². The minimum absolute atomic E-state index is 0.0271. The normalized spacial score (nSPS) is 11.5. The number of hydrogen-bond acceptors (Lipinski definition) is 7. The highest BCUT2D eigenvalue weighted by molar-refractivity contribution is 7.92. The van der Waals surface area contributed by atoms with Gasteiger partial charge >= 0.3 is 0 Å². The van der Waals surface area contributed by atoms with Crippen molar-refractivity contribution in [1.29, 1.82) is 5.26 Å². The van der Waals surface area contributed by atoms with E-state index in [1.54, 1.807) is 12.1 Å². The summed E-state index contributed by atoms with van der Waals surface area (Å²) in [5, 5.41) is 17.7. The molecule has 0 atom stereocenters. The standard InChI is InChI=1S/C24H24Cl2N4O4S/c1-24(2,18-12-16(14-27)23(20(26)13-18)33-11-9-25)17-4-6-19(7-5-17)34-15-22-21(8-10-28-29-22)30-35(3,31)32/h4-8,10,12-13H,9,11,15H2,1-3H3,(H,28,30). The first kappa shape index (κ1) is 26.5. The first-order valence-electron chi connectivity index (χ1n) is 10.5. The van der Waals surface area contributed by atoms with Crippen molar-refractivity contribution in [2.45, 2.75) is 25.9 Å². The van der Waals surface area contributed by atoms with E-state index in [0.717, 1.165) is 17.4 Å². The lowest BCUT2D eigenvalue weighted by Gasteiger charge is -2.27. The number of nitriles is 1. The molecular weight excluding hydrogens is 511 g/mol. The summed E-state index contributed by atoms with van der Waals surface area (Å²) >= 11 is 12.1. The van der Waals surface area contributed by atoms with Crippen LogP contribution in [0.25, 0.3) is 0 Å². The molecule has 0 aliphatic rings. The van der Waals surface area contributed by atoms with Gasteiger partial charge in [-0.2, -0.15) is 10.4 Å². The van der Waals surface area contributed by atoms with Gasteiger partial charge in [-0.25, -0.2) is 8.42 Å². The fourth-order valence-electron chi connectivity index (χ4n) is 3.37. The Bertz CT molecular complexity index is 1340. The second-order valence-corrected chi connectivity index (χ2v) is 10.7. The number of anilines is 1. The van der Waals surface area contributed by atoms with E-state index in [0.29, 0.717) is 33.5 Å². The largest absolute Gasteiger partial charge is 0.489 e.